The number of nitrogens with two attached hydrogens (primary N) is 1. The molecule has 0 amide bonds. The summed E-state index contributed by atoms with van der Waals surface area (Å²) in [5.41, 5.74) is 7.31. The molecule has 1 aliphatic carbocycles. The van der Waals surface area contributed by atoms with Crippen LogP contribution < -0.4 is 5.73 Å². The summed E-state index contributed by atoms with van der Waals surface area (Å²) < 4.78 is 7.24. The third kappa shape index (κ3) is 3.30. The number of methoxy groups -OCH3 is 1. The fourth-order valence-electron chi connectivity index (χ4n) is 2.63. The van der Waals surface area contributed by atoms with E-state index in [2.05, 4.69) is 24.4 Å². The van der Waals surface area contributed by atoms with E-state index in [4.69, 9.17) is 10.5 Å². The Kier molecular flexibility index (Phi) is 4.31. The van der Waals surface area contributed by atoms with E-state index in [0.29, 0.717) is 11.3 Å². The first-order chi connectivity index (χ1) is 10.3. The summed E-state index contributed by atoms with van der Waals surface area (Å²) in [6, 6.07) is 0.762. The van der Waals surface area contributed by atoms with E-state index in [1.165, 1.54) is 19.2 Å². The average molecular weight is 290 g/mol. The highest BCUT2D eigenvalue weighted by molar-refractivity contribution is 5.80. The Balaban J connectivity index is 1.57. The van der Waals surface area contributed by atoms with Gasteiger partial charge in [-0.25, -0.2) is 15.0 Å². The minimum Gasteiger partial charge on any atom is -0.383 e. The van der Waals surface area contributed by atoms with Gasteiger partial charge in [-0.15, -0.1) is 0 Å². The highest BCUT2D eigenvalue weighted by atomic mass is 16.5. The highest BCUT2D eigenvalue weighted by Crippen LogP contribution is 2.26. The molecular weight excluding hydrogens is 268 g/mol. The first-order valence-electron chi connectivity index (χ1n) is 7.44. The third-order valence-electron chi connectivity index (χ3n) is 3.92. The maximum Gasteiger partial charge on any atom is 0.165 e. The molecule has 7 nitrogen and oxygen atoms in total. The van der Waals surface area contributed by atoms with E-state index in [1.54, 1.807) is 13.4 Å². The molecular formula is C14H22N6O. The largest absolute Gasteiger partial charge is 0.383 e. The summed E-state index contributed by atoms with van der Waals surface area (Å²) in [5.74, 6) is 0.443. The normalized spacial score (nSPS) is 15.1. The number of hydrogen-bond acceptors (Lipinski definition) is 6. The molecule has 0 aliphatic heterocycles. The number of imidazole rings is 1. The van der Waals surface area contributed by atoms with Gasteiger partial charge < -0.3 is 15.0 Å². The summed E-state index contributed by atoms with van der Waals surface area (Å²) in [7, 11) is 1.76. The molecule has 7 heteroatoms. The fraction of sp³-hybridized carbons (Fsp3) is 0.643. The van der Waals surface area contributed by atoms with Crippen molar-refractivity contribution in [3.8, 4) is 0 Å². The van der Waals surface area contributed by atoms with Gasteiger partial charge in [0.25, 0.3) is 0 Å². The van der Waals surface area contributed by atoms with Crippen LogP contribution in [0.4, 0.5) is 5.82 Å². The molecule has 0 bridgehead atoms. The van der Waals surface area contributed by atoms with E-state index in [9.17, 15) is 0 Å². The summed E-state index contributed by atoms with van der Waals surface area (Å²) in [4.78, 5) is 15.0. The highest BCUT2D eigenvalue weighted by Gasteiger charge is 2.28. The zero-order valence-electron chi connectivity index (χ0n) is 12.4. The number of fused-ring (bicyclic) bond motifs is 1. The van der Waals surface area contributed by atoms with Crippen LogP contribution in [0.2, 0.25) is 0 Å². The van der Waals surface area contributed by atoms with Crippen LogP contribution in [0.15, 0.2) is 12.7 Å². The van der Waals surface area contributed by atoms with Crippen molar-refractivity contribution in [3.63, 3.8) is 0 Å². The number of aromatic nitrogens is 4. The van der Waals surface area contributed by atoms with Crippen molar-refractivity contribution in [2.45, 2.75) is 31.8 Å². The zero-order chi connectivity index (χ0) is 14.7. The molecule has 0 radical (unpaired) electrons. The molecule has 2 aromatic heterocycles. The Hall–Kier alpha value is -1.73. The van der Waals surface area contributed by atoms with Crippen molar-refractivity contribution in [2.24, 2.45) is 0 Å². The number of ether oxygens (including phenoxy) is 1. The third-order valence-corrected chi connectivity index (χ3v) is 3.92. The molecule has 2 N–H and O–H groups in total. The van der Waals surface area contributed by atoms with Gasteiger partial charge in [-0.2, -0.15) is 0 Å². The van der Waals surface area contributed by atoms with Gasteiger partial charge in [0.1, 0.15) is 11.8 Å². The maximum absolute atomic E-state index is 5.80. The van der Waals surface area contributed by atoms with E-state index < -0.39 is 0 Å². The lowest BCUT2D eigenvalue weighted by Crippen LogP contribution is -2.31. The van der Waals surface area contributed by atoms with E-state index in [0.717, 1.165) is 44.4 Å². The summed E-state index contributed by atoms with van der Waals surface area (Å²) in [6.07, 6.45) is 7.00. The van der Waals surface area contributed by atoms with Crippen LogP contribution >= 0.6 is 0 Å². The van der Waals surface area contributed by atoms with Crippen LogP contribution in [-0.4, -0.2) is 57.3 Å². The second kappa shape index (κ2) is 6.36. The molecule has 21 heavy (non-hydrogen) atoms. The number of nitrogen functional groups attached to an aromatic ring is 1. The Morgan fingerprint density at radius 2 is 2.19 bits per heavy atom. The molecule has 0 unspecified atom stereocenters. The lowest BCUT2D eigenvalue weighted by Gasteiger charge is -2.21. The van der Waals surface area contributed by atoms with Crippen LogP contribution in [0.1, 0.15) is 19.3 Å². The minimum atomic E-state index is 0.443. The number of nitrogens with zero attached hydrogens (tertiary/aromatic N) is 5. The first kappa shape index (κ1) is 14.2. The van der Waals surface area contributed by atoms with Gasteiger partial charge in [-0.05, 0) is 19.3 Å². The monoisotopic (exact) mass is 290 g/mol. The molecule has 114 valence electrons. The lowest BCUT2D eigenvalue weighted by atomic mass is 10.3. The fourth-order valence-corrected chi connectivity index (χ4v) is 2.63. The molecule has 0 aromatic carbocycles. The van der Waals surface area contributed by atoms with Crippen molar-refractivity contribution in [1.29, 1.82) is 0 Å². The molecule has 0 spiro atoms. The SMILES string of the molecule is COCCN(CCCn1cnc2c(N)ncnc21)C1CC1. The van der Waals surface area contributed by atoms with Crippen molar-refractivity contribution >= 4 is 17.0 Å². The van der Waals surface area contributed by atoms with Gasteiger partial charge in [0.05, 0.1) is 12.9 Å². The van der Waals surface area contributed by atoms with Crippen LogP contribution in [0.5, 0.6) is 0 Å². The topological polar surface area (TPSA) is 82.1 Å². The molecule has 1 fully saturated rings. The smallest absolute Gasteiger partial charge is 0.165 e. The molecule has 3 rings (SSSR count). The molecule has 1 aliphatic rings. The first-order valence-corrected chi connectivity index (χ1v) is 7.44. The Labute approximate surface area is 124 Å². The molecule has 2 heterocycles. The average Bonchev–Trinajstić information content (AvgIpc) is 3.24. The summed E-state index contributed by atoms with van der Waals surface area (Å²) in [5, 5.41) is 0. The number of anilines is 1. The number of aryl methyl sites for hydroxylation is 1. The van der Waals surface area contributed by atoms with Gasteiger partial charge in [-0.3, -0.25) is 4.90 Å². The number of rotatable bonds is 8. The van der Waals surface area contributed by atoms with Crippen LogP contribution in [0.3, 0.4) is 0 Å². The Bertz CT molecular complexity index is 594. The summed E-state index contributed by atoms with van der Waals surface area (Å²) >= 11 is 0. The standard InChI is InChI=1S/C14H22N6O/c1-21-8-7-19(11-3-4-11)5-2-6-20-10-18-12-13(15)16-9-17-14(12)20/h9-11H,2-8H2,1H3,(H2,15,16,17). The van der Waals surface area contributed by atoms with Crippen molar-refractivity contribution in [3.05, 3.63) is 12.7 Å². The molecule has 2 aromatic rings. The predicted molar refractivity (Wildman–Crippen MR) is 80.8 cm³/mol. The van der Waals surface area contributed by atoms with Crippen LogP contribution in [0, 0.1) is 0 Å². The van der Waals surface area contributed by atoms with Crippen molar-refractivity contribution < 1.29 is 4.74 Å². The second-order valence-electron chi connectivity index (χ2n) is 5.48. The second-order valence-corrected chi connectivity index (χ2v) is 5.48. The summed E-state index contributed by atoms with van der Waals surface area (Å²) in [6.45, 7) is 3.78. The quantitative estimate of drug-likeness (QED) is 0.778. The minimum absolute atomic E-state index is 0.443. The van der Waals surface area contributed by atoms with Gasteiger partial charge in [0.2, 0.25) is 0 Å². The van der Waals surface area contributed by atoms with Gasteiger partial charge in [-0.1, -0.05) is 0 Å². The molecule has 1 saturated carbocycles. The van der Waals surface area contributed by atoms with Crippen LogP contribution in [0.25, 0.3) is 11.2 Å². The van der Waals surface area contributed by atoms with E-state index in [1.807, 2.05) is 0 Å². The van der Waals surface area contributed by atoms with Gasteiger partial charge >= 0.3 is 0 Å². The molecule has 0 atom stereocenters. The van der Waals surface area contributed by atoms with E-state index in [-0.39, 0.29) is 0 Å². The predicted octanol–water partition coefficient (Wildman–Crippen LogP) is 0.909. The Morgan fingerprint density at radius 1 is 1.33 bits per heavy atom. The van der Waals surface area contributed by atoms with Crippen molar-refractivity contribution in [2.75, 3.05) is 32.5 Å². The van der Waals surface area contributed by atoms with Crippen molar-refractivity contribution in [1.82, 2.24) is 24.4 Å². The zero-order valence-corrected chi connectivity index (χ0v) is 12.4. The maximum atomic E-state index is 5.80. The van der Waals surface area contributed by atoms with E-state index >= 15 is 0 Å². The lowest BCUT2D eigenvalue weighted by molar-refractivity contribution is 0.142. The Morgan fingerprint density at radius 3 is 2.95 bits per heavy atom. The van der Waals surface area contributed by atoms with Crippen LogP contribution in [-0.2, 0) is 11.3 Å². The van der Waals surface area contributed by atoms with Gasteiger partial charge in [0, 0.05) is 32.8 Å². The number of hydrogen-bond donors (Lipinski definition) is 1. The van der Waals surface area contributed by atoms with Gasteiger partial charge in [0.15, 0.2) is 11.5 Å². The molecule has 0 saturated heterocycles.